The van der Waals surface area contributed by atoms with Crippen molar-refractivity contribution in [3.8, 4) is 0 Å². The molecule has 1 fully saturated rings. The number of aromatic nitrogens is 2. The first-order valence-electron chi connectivity index (χ1n) is 7.58. The molecule has 0 spiro atoms. The molecule has 1 unspecified atom stereocenters. The lowest BCUT2D eigenvalue weighted by Crippen LogP contribution is -2.38. The Morgan fingerprint density at radius 2 is 2.40 bits per heavy atom. The minimum Gasteiger partial charge on any atom is -0.383 e. The average Bonchev–Trinajstić information content (AvgIpc) is 3.09. The van der Waals surface area contributed by atoms with Crippen LogP contribution in [0.25, 0.3) is 0 Å². The fourth-order valence-corrected chi connectivity index (χ4v) is 2.55. The number of ether oxygens (including phenoxy) is 1. The van der Waals surface area contributed by atoms with Gasteiger partial charge in [0.1, 0.15) is 0 Å². The molecule has 0 amide bonds. The summed E-state index contributed by atoms with van der Waals surface area (Å²) in [6, 6.07) is 0.574. The summed E-state index contributed by atoms with van der Waals surface area (Å²) in [5, 5.41) is 7.54. The number of hydrogen-bond acceptors (Lipinski definition) is 6. The molecule has 6 heteroatoms. The Balaban J connectivity index is 1.87. The van der Waals surface area contributed by atoms with Gasteiger partial charge < -0.3 is 14.6 Å². The maximum Gasteiger partial charge on any atom is 0.240 e. The summed E-state index contributed by atoms with van der Waals surface area (Å²) >= 11 is 0. The van der Waals surface area contributed by atoms with Crippen LogP contribution in [0, 0.1) is 0 Å². The molecule has 1 aromatic heterocycles. The number of nitrogens with zero attached hydrogens (tertiary/aromatic N) is 3. The van der Waals surface area contributed by atoms with E-state index in [1.807, 2.05) is 0 Å². The van der Waals surface area contributed by atoms with Crippen LogP contribution in [0.1, 0.15) is 37.9 Å². The van der Waals surface area contributed by atoms with Gasteiger partial charge in [0.2, 0.25) is 5.89 Å². The van der Waals surface area contributed by atoms with Crippen LogP contribution in [0.5, 0.6) is 0 Å². The maximum absolute atomic E-state index is 5.33. The molecule has 2 rings (SSSR count). The molecule has 0 aliphatic carbocycles. The minimum absolute atomic E-state index is 0.574. The van der Waals surface area contributed by atoms with Gasteiger partial charge in [-0.1, -0.05) is 12.1 Å². The summed E-state index contributed by atoms with van der Waals surface area (Å²) in [5.41, 5.74) is 0. The summed E-state index contributed by atoms with van der Waals surface area (Å²) in [7, 11) is 1.73. The third-order valence-corrected chi connectivity index (χ3v) is 3.60. The Hall–Kier alpha value is -0.980. The highest BCUT2D eigenvalue weighted by Gasteiger charge is 2.19. The molecular weight excluding hydrogens is 256 g/mol. The molecule has 1 aliphatic rings. The second kappa shape index (κ2) is 8.34. The van der Waals surface area contributed by atoms with E-state index in [2.05, 4.69) is 27.3 Å². The van der Waals surface area contributed by atoms with E-state index in [-0.39, 0.29) is 0 Å². The first kappa shape index (κ1) is 15.4. The van der Waals surface area contributed by atoms with E-state index in [9.17, 15) is 0 Å². The van der Waals surface area contributed by atoms with Crippen LogP contribution in [0.3, 0.4) is 0 Å². The molecule has 0 radical (unpaired) electrons. The lowest BCUT2D eigenvalue weighted by molar-refractivity contribution is 0.129. The third kappa shape index (κ3) is 4.85. The molecule has 1 N–H and O–H groups in total. The lowest BCUT2D eigenvalue weighted by atomic mass is 10.2. The number of aryl methyl sites for hydroxylation is 1. The predicted molar refractivity (Wildman–Crippen MR) is 76.5 cm³/mol. The molecule has 1 aromatic rings. The van der Waals surface area contributed by atoms with Crippen molar-refractivity contribution in [1.82, 2.24) is 20.4 Å². The second-order valence-electron chi connectivity index (χ2n) is 5.38. The van der Waals surface area contributed by atoms with E-state index in [1.165, 1.54) is 12.8 Å². The minimum atomic E-state index is 0.574. The van der Waals surface area contributed by atoms with Gasteiger partial charge in [-0.05, 0) is 25.8 Å². The Bertz CT molecular complexity index is 377. The predicted octanol–water partition coefficient (Wildman–Crippen LogP) is 1.22. The highest BCUT2D eigenvalue weighted by atomic mass is 16.5. The highest BCUT2D eigenvalue weighted by Crippen LogP contribution is 2.10. The van der Waals surface area contributed by atoms with Gasteiger partial charge >= 0.3 is 0 Å². The van der Waals surface area contributed by atoms with E-state index in [4.69, 9.17) is 9.26 Å². The Kier molecular flexibility index (Phi) is 6.42. The quantitative estimate of drug-likeness (QED) is 0.735. The van der Waals surface area contributed by atoms with E-state index in [0.717, 1.165) is 44.9 Å². The molecule has 1 saturated heterocycles. The van der Waals surface area contributed by atoms with Crippen LogP contribution in [0.15, 0.2) is 4.52 Å². The fourth-order valence-electron chi connectivity index (χ4n) is 2.55. The molecule has 0 aromatic carbocycles. The van der Waals surface area contributed by atoms with Gasteiger partial charge in [-0.15, -0.1) is 0 Å². The van der Waals surface area contributed by atoms with Gasteiger partial charge in [-0.25, -0.2) is 0 Å². The topological polar surface area (TPSA) is 63.4 Å². The summed E-state index contributed by atoms with van der Waals surface area (Å²) in [6.45, 7) is 6.58. The number of rotatable bonds is 9. The SMILES string of the molecule is CCCc1noc(CN(CCOC)CC2CCCN2)n1. The van der Waals surface area contributed by atoms with Crippen LogP contribution >= 0.6 is 0 Å². The first-order valence-corrected chi connectivity index (χ1v) is 7.58. The van der Waals surface area contributed by atoms with Crippen molar-refractivity contribution in [2.24, 2.45) is 0 Å². The van der Waals surface area contributed by atoms with Crippen LogP contribution in [0.4, 0.5) is 0 Å². The van der Waals surface area contributed by atoms with E-state index >= 15 is 0 Å². The molecule has 20 heavy (non-hydrogen) atoms. The van der Waals surface area contributed by atoms with Crippen molar-refractivity contribution in [2.45, 2.75) is 45.2 Å². The first-order chi connectivity index (χ1) is 9.81. The molecule has 0 saturated carbocycles. The molecule has 1 aliphatic heterocycles. The van der Waals surface area contributed by atoms with Crippen molar-refractivity contribution in [3.63, 3.8) is 0 Å². The van der Waals surface area contributed by atoms with Crippen molar-refractivity contribution in [3.05, 3.63) is 11.7 Å². The molecule has 0 bridgehead atoms. The number of nitrogens with one attached hydrogen (secondary N) is 1. The van der Waals surface area contributed by atoms with E-state index in [1.54, 1.807) is 7.11 Å². The number of hydrogen-bond donors (Lipinski definition) is 1. The summed E-state index contributed by atoms with van der Waals surface area (Å²) in [5.74, 6) is 1.52. The van der Waals surface area contributed by atoms with Crippen molar-refractivity contribution >= 4 is 0 Å². The molecular formula is C14H26N4O2. The van der Waals surface area contributed by atoms with E-state index < -0.39 is 0 Å². The van der Waals surface area contributed by atoms with Crippen LogP contribution in [-0.2, 0) is 17.7 Å². The van der Waals surface area contributed by atoms with Crippen molar-refractivity contribution in [1.29, 1.82) is 0 Å². The maximum atomic E-state index is 5.33. The highest BCUT2D eigenvalue weighted by molar-refractivity contribution is 4.87. The van der Waals surface area contributed by atoms with Gasteiger partial charge in [0.25, 0.3) is 0 Å². The standard InChI is InChI=1S/C14H26N4O2/c1-3-5-13-16-14(20-17-13)11-18(8-9-19-2)10-12-6-4-7-15-12/h12,15H,3-11H2,1-2H3. The third-order valence-electron chi connectivity index (χ3n) is 3.60. The second-order valence-corrected chi connectivity index (χ2v) is 5.38. The van der Waals surface area contributed by atoms with Crippen LogP contribution < -0.4 is 5.32 Å². The average molecular weight is 282 g/mol. The zero-order chi connectivity index (χ0) is 14.2. The normalized spacial score (nSPS) is 19.1. The Morgan fingerprint density at radius 1 is 1.50 bits per heavy atom. The summed E-state index contributed by atoms with van der Waals surface area (Å²) in [4.78, 5) is 6.77. The molecule has 114 valence electrons. The van der Waals surface area contributed by atoms with Gasteiger partial charge in [-0.3, -0.25) is 4.90 Å². The van der Waals surface area contributed by atoms with Gasteiger partial charge in [0.15, 0.2) is 5.82 Å². The van der Waals surface area contributed by atoms with Gasteiger partial charge in [-0.2, -0.15) is 4.98 Å². The monoisotopic (exact) mass is 282 g/mol. The smallest absolute Gasteiger partial charge is 0.240 e. The lowest BCUT2D eigenvalue weighted by Gasteiger charge is -2.23. The summed E-state index contributed by atoms with van der Waals surface area (Å²) < 4.78 is 10.5. The van der Waals surface area contributed by atoms with Crippen molar-refractivity contribution in [2.75, 3.05) is 33.4 Å². The largest absolute Gasteiger partial charge is 0.383 e. The summed E-state index contributed by atoms with van der Waals surface area (Å²) in [6.07, 6.45) is 4.43. The Morgan fingerprint density at radius 3 is 3.10 bits per heavy atom. The van der Waals surface area contributed by atoms with Crippen molar-refractivity contribution < 1.29 is 9.26 Å². The zero-order valence-corrected chi connectivity index (χ0v) is 12.6. The van der Waals surface area contributed by atoms with E-state index in [0.29, 0.717) is 18.5 Å². The van der Waals surface area contributed by atoms with Gasteiger partial charge in [0.05, 0.1) is 13.2 Å². The van der Waals surface area contributed by atoms with Crippen LogP contribution in [-0.4, -0.2) is 54.4 Å². The zero-order valence-electron chi connectivity index (χ0n) is 12.6. The fraction of sp³-hybridized carbons (Fsp3) is 0.857. The molecule has 6 nitrogen and oxygen atoms in total. The van der Waals surface area contributed by atoms with Crippen LogP contribution in [0.2, 0.25) is 0 Å². The Labute approximate surface area is 120 Å². The molecule has 2 heterocycles. The number of methoxy groups -OCH3 is 1. The van der Waals surface area contributed by atoms with Gasteiger partial charge in [0, 0.05) is 32.7 Å². The molecule has 1 atom stereocenters.